The summed E-state index contributed by atoms with van der Waals surface area (Å²) in [4.78, 5) is 11.9. The quantitative estimate of drug-likeness (QED) is 0.835. The third-order valence-electron chi connectivity index (χ3n) is 3.00. The number of methoxy groups -OCH3 is 1. The Morgan fingerprint density at radius 2 is 1.90 bits per heavy atom. The molecule has 20 heavy (non-hydrogen) atoms. The van der Waals surface area contributed by atoms with E-state index in [4.69, 9.17) is 4.74 Å². The zero-order valence-corrected chi connectivity index (χ0v) is 14.2. The Bertz CT molecular complexity index is 463. The fourth-order valence-corrected chi connectivity index (χ4v) is 2.47. The molecule has 1 rings (SSSR count). The van der Waals surface area contributed by atoms with Crippen LogP contribution >= 0.6 is 15.9 Å². The second kappa shape index (κ2) is 7.64. The van der Waals surface area contributed by atoms with E-state index in [0.29, 0.717) is 0 Å². The first-order chi connectivity index (χ1) is 9.35. The van der Waals surface area contributed by atoms with Crippen molar-refractivity contribution in [2.24, 2.45) is 0 Å². The highest BCUT2D eigenvalue weighted by atomic mass is 79.9. The molecule has 4 nitrogen and oxygen atoms in total. The number of amides is 1. The number of hydrogen-bond acceptors (Lipinski definition) is 3. The number of ether oxygens (including phenoxy) is 1. The van der Waals surface area contributed by atoms with Crippen molar-refractivity contribution in [1.29, 1.82) is 0 Å². The fraction of sp³-hybridized carbons (Fsp3) is 0.533. The Labute approximate surface area is 129 Å². The van der Waals surface area contributed by atoms with Gasteiger partial charge in [0.2, 0.25) is 5.91 Å². The standard InChI is InChI=1S/C15H23BrN2O2/c1-9(2)17-15(19)11(4)18-10(3)12-6-7-14(20-5)13(16)8-12/h6-11,18H,1-5H3,(H,17,19)/t10-,11-/m0/s1. The van der Waals surface area contributed by atoms with Crippen molar-refractivity contribution >= 4 is 21.8 Å². The predicted molar refractivity (Wildman–Crippen MR) is 85.0 cm³/mol. The molecule has 0 fully saturated rings. The number of hydrogen-bond donors (Lipinski definition) is 2. The van der Waals surface area contributed by atoms with Crippen molar-refractivity contribution in [2.75, 3.05) is 7.11 Å². The van der Waals surface area contributed by atoms with Gasteiger partial charge in [0.05, 0.1) is 17.6 Å². The van der Waals surface area contributed by atoms with E-state index in [0.717, 1.165) is 15.8 Å². The molecule has 0 aromatic heterocycles. The summed E-state index contributed by atoms with van der Waals surface area (Å²) < 4.78 is 6.12. The van der Waals surface area contributed by atoms with E-state index in [-0.39, 0.29) is 24.0 Å². The molecule has 0 spiro atoms. The van der Waals surface area contributed by atoms with Crippen LogP contribution in [0.25, 0.3) is 0 Å². The van der Waals surface area contributed by atoms with Gasteiger partial charge in [0.15, 0.2) is 0 Å². The summed E-state index contributed by atoms with van der Waals surface area (Å²) in [6.07, 6.45) is 0. The van der Waals surface area contributed by atoms with Gasteiger partial charge in [-0.2, -0.15) is 0 Å². The van der Waals surface area contributed by atoms with Gasteiger partial charge in [-0.25, -0.2) is 0 Å². The van der Waals surface area contributed by atoms with Crippen LogP contribution in [0.3, 0.4) is 0 Å². The molecule has 1 aromatic carbocycles. The van der Waals surface area contributed by atoms with E-state index in [1.807, 2.05) is 45.9 Å². The Hall–Kier alpha value is -1.07. The maximum atomic E-state index is 11.9. The normalized spacial score (nSPS) is 13.9. The topological polar surface area (TPSA) is 50.4 Å². The summed E-state index contributed by atoms with van der Waals surface area (Å²) >= 11 is 3.47. The van der Waals surface area contributed by atoms with Crippen LogP contribution in [0.4, 0.5) is 0 Å². The molecule has 0 radical (unpaired) electrons. The third kappa shape index (κ3) is 4.80. The lowest BCUT2D eigenvalue weighted by atomic mass is 10.1. The van der Waals surface area contributed by atoms with E-state index >= 15 is 0 Å². The molecule has 1 aromatic rings. The number of halogens is 1. The van der Waals surface area contributed by atoms with Crippen molar-refractivity contribution in [3.63, 3.8) is 0 Å². The van der Waals surface area contributed by atoms with Gasteiger partial charge in [0.1, 0.15) is 5.75 Å². The Morgan fingerprint density at radius 3 is 2.40 bits per heavy atom. The smallest absolute Gasteiger partial charge is 0.237 e. The van der Waals surface area contributed by atoms with Gasteiger partial charge in [-0.05, 0) is 61.3 Å². The summed E-state index contributed by atoms with van der Waals surface area (Å²) in [5.74, 6) is 0.811. The van der Waals surface area contributed by atoms with E-state index in [1.54, 1.807) is 7.11 Å². The number of carbonyl (C=O) groups is 1. The predicted octanol–water partition coefficient (Wildman–Crippen LogP) is 3.02. The Balaban J connectivity index is 2.68. The van der Waals surface area contributed by atoms with Crippen LogP contribution in [0.15, 0.2) is 22.7 Å². The van der Waals surface area contributed by atoms with Gasteiger partial charge >= 0.3 is 0 Å². The highest BCUT2D eigenvalue weighted by Crippen LogP contribution is 2.28. The van der Waals surface area contributed by atoms with E-state index in [1.165, 1.54) is 0 Å². The molecule has 0 unspecified atom stereocenters. The lowest BCUT2D eigenvalue weighted by molar-refractivity contribution is -0.123. The largest absolute Gasteiger partial charge is 0.496 e. The molecule has 0 aliphatic rings. The van der Waals surface area contributed by atoms with Crippen LogP contribution in [0.2, 0.25) is 0 Å². The molecule has 0 heterocycles. The van der Waals surface area contributed by atoms with Crippen molar-refractivity contribution in [2.45, 2.75) is 45.8 Å². The average molecular weight is 343 g/mol. The Kier molecular flexibility index (Phi) is 6.49. The second-order valence-electron chi connectivity index (χ2n) is 5.17. The summed E-state index contributed by atoms with van der Waals surface area (Å²) in [5, 5.41) is 6.19. The summed E-state index contributed by atoms with van der Waals surface area (Å²) in [6.45, 7) is 7.81. The minimum atomic E-state index is -0.242. The summed E-state index contributed by atoms with van der Waals surface area (Å²) in [5.41, 5.74) is 1.10. The van der Waals surface area contributed by atoms with Crippen LogP contribution < -0.4 is 15.4 Å². The lowest BCUT2D eigenvalue weighted by Gasteiger charge is -2.21. The fourth-order valence-electron chi connectivity index (χ4n) is 1.91. The van der Waals surface area contributed by atoms with Crippen LogP contribution in [0.1, 0.15) is 39.3 Å². The SMILES string of the molecule is COc1ccc([C@H](C)N[C@@H](C)C(=O)NC(C)C)cc1Br. The van der Waals surface area contributed by atoms with Crippen LogP contribution in [0, 0.1) is 0 Å². The van der Waals surface area contributed by atoms with Crippen molar-refractivity contribution in [3.8, 4) is 5.75 Å². The first kappa shape index (κ1) is 17.0. The van der Waals surface area contributed by atoms with Gasteiger partial charge < -0.3 is 10.1 Å². The zero-order valence-electron chi connectivity index (χ0n) is 12.7. The number of nitrogens with one attached hydrogen (secondary N) is 2. The lowest BCUT2D eigenvalue weighted by Crippen LogP contribution is -2.45. The molecule has 0 aliphatic carbocycles. The van der Waals surface area contributed by atoms with Gasteiger partial charge in [-0.15, -0.1) is 0 Å². The monoisotopic (exact) mass is 342 g/mol. The summed E-state index contributed by atoms with van der Waals surface area (Å²) in [7, 11) is 1.64. The summed E-state index contributed by atoms with van der Waals surface area (Å²) in [6, 6.07) is 5.89. The van der Waals surface area contributed by atoms with Gasteiger partial charge in [-0.3, -0.25) is 10.1 Å². The van der Waals surface area contributed by atoms with Crippen LogP contribution in [0.5, 0.6) is 5.75 Å². The molecule has 1 amide bonds. The van der Waals surface area contributed by atoms with Crippen molar-refractivity contribution in [1.82, 2.24) is 10.6 Å². The van der Waals surface area contributed by atoms with Gasteiger partial charge in [-0.1, -0.05) is 6.07 Å². The van der Waals surface area contributed by atoms with E-state index in [9.17, 15) is 4.79 Å². The molecule has 0 aliphatic heterocycles. The van der Waals surface area contributed by atoms with E-state index in [2.05, 4.69) is 26.6 Å². The average Bonchev–Trinajstić information content (AvgIpc) is 2.37. The molecule has 112 valence electrons. The molecule has 2 atom stereocenters. The van der Waals surface area contributed by atoms with Crippen molar-refractivity contribution < 1.29 is 9.53 Å². The minimum Gasteiger partial charge on any atom is -0.496 e. The van der Waals surface area contributed by atoms with Crippen molar-refractivity contribution in [3.05, 3.63) is 28.2 Å². The van der Waals surface area contributed by atoms with Gasteiger partial charge in [0.25, 0.3) is 0 Å². The first-order valence-corrected chi connectivity index (χ1v) is 7.54. The maximum Gasteiger partial charge on any atom is 0.237 e. The van der Waals surface area contributed by atoms with Gasteiger partial charge in [0, 0.05) is 12.1 Å². The highest BCUT2D eigenvalue weighted by molar-refractivity contribution is 9.10. The third-order valence-corrected chi connectivity index (χ3v) is 3.62. The van der Waals surface area contributed by atoms with Crippen LogP contribution in [-0.4, -0.2) is 25.1 Å². The number of rotatable bonds is 6. The zero-order chi connectivity index (χ0) is 15.3. The second-order valence-corrected chi connectivity index (χ2v) is 6.02. The molecule has 0 bridgehead atoms. The number of benzene rings is 1. The first-order valence-electron chi connectivity index (χ1n) is 6.75. The molecule has 0 saturated heterocycles. The molecular formula is C15H23BrN2O2. The molecular weight excluding hydrogens is 320 g/mol. The maximum absolute atomic E-state index is 11.9. The molecule has 5 heteroatoms. The van der Waals surface area contributed by atoms with E-state index < -0.39 is 0 Å². The minimum absolute atomic E-state index is 0.0134. The molecule has 2 N–H and O–H groups in total. The Morgan fingerprint density at radius 1 is 1.25 bits per heavy atom. The molecule has 0 saturated carbocycles. The number of carbonyl (C=O) groups excluding carboxylic acids is 1. The van der Waals surface area contributed by atoms with Crippen LogP contribution in [-0.2, 0) is 4.79 Å². The highest BCUT2D eigenvalue weighted by Gasteiger charge is 2.17.